The van der Waals surface area contributed by atoms with Crippen molar-refractivity contribution in [2.24, 2.45) is 17.8 Å². The Bertz CT molecular complexity index is 504. The van der Waals surface area contributed by atoms with Gasteiger partial charge in [-0.05, 0) is 56.3 Å². The van der Waals surface area contributed by atoms with Crippen LogP contribution >= 0.6 is 11.3 Å². The van der Waals surface area contributed by atoms with Gasteiger partial charge < -0.3 is 10.4 Å². The standard InChI is InChI=1S/C15H20N2O2S/c18-14(19)13-17-12(8-20-13)7-16-15-4-9-1-10(5-15)3-11(2-9)6-15/h8-11,16H,1-7H2,(H,18,19). The minimum atomic E-state index is -0.920. The molecule has 5 heteroatoms. The van der Waals surface area contributed by atoms with Crippen molar-refractivity contribution in [1.82, 2.24) is 10.3 Å². The van der Waals surface area contributed by atoms with Gasteiger partial charge in [0, 0.05) is 17.5 Å². The molecule has 1 aromatic rings. The molecule has 0 atom stereocenters. The molecule has 4 aliphatic rings. The lowest BCUT2D eigenvalue weighted by Crippen LogP contribution is -2.58. The van der Waals surface area contributed by atoms with E-state index in [0.717, 1.165) is 30.0 Å². The second-order valence-electron chi connectivity index (χ2n) is 7.00. The van der Waals surface area contributed by atoms with Crippen LogP contribution in [0.25, 0.3) is 0 Å². The monoisotopic (exact) mass is 292 g/mol. The summed E-state index contributed by atoms with van der Waals surface area (Å²) in [6.07, 6.45) is 8.28. The molecule has 0 radical (unpaired) electrons. The van der Waals surface area contributed by atoms with Crippen molar-refractivity contribution in [2.75, 3.05) is 0 Å². The molecular formula is C15H20N2O2S. The van der Waals surface area contributed by atoms with Gasteiger partial charge in [-0.15, -0.1) is 11.3 Å². The lowest BCUT2D eigenvalue weighted by atomic mass is 9.53. The Kier molecular flexibility index (Phi) is 2.89. The number of nitrogens with zero attached hydrogens (tertiary/aromatic N) is 1. The zero-order chi connectivity index (χ0) is 13.7. The smallest absolute Gasteiger partial charge is 0.365 e. The number of carbonyl (C=O) groups is 1. The number of carboxylic acids is 1. The molecule has 1 heterocycles. The van der Waals surface area contributed by atoms with E-state index in [9.17, 15) is 4.79 Å². The SMILES string of the molecule is O=C(O)c1nc(CNC23CC4CC(CC(C4)C2)C3)cs1. The molecule has 108 valence electrons. The molecule has 2 N–H and O–H groups in total. The van der Waals surface area contributed by atoms with Crippen molar-refractivity contribution in [3.8, 4) is 0 Å². The Hall–Kier alpha value is -0.940. The number of aromatic carboxylic acids is 1. The molecule has 4 aliphatic carbocycles. The van der Waals surface area contributed by atoms with Crippen molar-refractivity contribution in [1.29, 1.82) is 0 Å². The zero-order valence-electron chi connectivity index (χ0n) is 11.5. The summed E-state index contributed by atoms with van der Waals surface area (Å²) in [7, 11) is 0. The molecule has 0 saturated heterocycles. The first-order chi connectivity index (χ1) is 9.62. The van der Waals surface area contributed by atoms with E-state index in [2.05, 4.69) is 10.3 Å². The molecule has 5 rings (SSSR count). The maximum Gasteiger partial charge on any atom is 0.365 e. The highest BCUT2D eigenvalue weighted by atomic mass is 32.1. The first-order valence-corrected chi connectivity index (χ1v) is 8.43. The summed E-state index contributed by atoms with van der Waals surface area (Å²) in [5.74, 6) is 1.87. The molecular weight excluding hydrogens is 272 g/mol. The van der Waals surface area contributed by atoms with Crippen molar-refractivity contribution in [3.63, 3.8) is 0 Å². The number of hydrogen-bond acceptors (Lipinski definition) is 4. The summed E-state index contributed by atoms with van der Waals surface area (Å²) in [4.78, 5) is 15.1. The van der Waals surface area contributed by atoms with Crippen LogP contribution in [-0.4, -0.2) is 21.6 Å². The van der Waals surface area contributed by atoms with Crippen molar-refractivity contribution in [2.45, 2.75) is 50.6 Å². The van der Waals surface area contributed by atoms with Gasteiger partial charge in [-0.1, -0.05) is 0 Å². The predicted molar refractivity (Wildman–Crippen MR) is 76.8 cm³/mol. The molecule has 0 aromatic carbocycles. The fourth-order valence-electron chi connectivity index (χ4n) is 5.09. The number of thiazole rings is 1. The van der Waals surface area contributed by atoms with Crippen LogP contribution in [0.1, 0.15) is 54.0 Å². The molecule has 4 bridgehead atoms. The van der Waals surface area contributed by atoms with Crippen LogP contribution < -0.4 is 5.32 Å². The first-order valence-electron chi connectivity index (χ1n) is 7.55. The number of nitrogens with one attached hydrogen (secondary N) is 1. The van der Waals surface area contributed by atoms with Crippen LogP contribution in [-0.2, 0) is 6.54 Å². The van der Waals surface area contributed by atoms with Gasteiger partial charge in [0.05, 0.1) is 5.69 Å². The van der Waals surface area contributed by atoms with Crippen LogP contribution in [0, 0.1) is 17.8 Å². The topological polar surface area (TPSA) is 62.2 Å². The molecule has 4 fully saturated rings. The average molecular weight is 292 g/mol. The summed E-state index contributed by atoms with van der Waals surface area (Å²) in [6, 6.07) is 0. The fraction of sp³-hybridized carbons (Fsp3) is 0.733. The van der Waals surface area contributed by atoms with Crippen molar-refractivity contribution in [3.05, 3.63) is 16.1 Å². The van der Waals surface area contributed by atoms with Gasteiger partial charge in [0.25, 0.3) is 0 Å². The number of aromatic nitrogens is 1. The average Bonchev–Trinajstić information content (AvgIpc) is 2.84. The Morgan fingerprint density at radius 2 is 1.90 bits per heavy atom. The molecule has 20 heavy (non-hydrogen) atoms. The van der Waals surface area contributed by atoms with Gasteiger partial charge in [0.15, 0.2) is 0 Å². The second kappa shape index (κ2) is 4.53. The summed E-state index contributed by atoms with van der Waals surface area (Å²) in [5, 5.41) is 14.7. The molecule has 0 unspecified atom stereocenters. The van der Waals surface area contributed by atoms with E-state index < -0.39 is 5.97 Å². The maximum absolute atomic E-state index is 10.9. The van der Waals surface area contributed by atoms with Gasteiger partial charge in [0.2, 0.25) is 5.01 Å². The van der Waals surface area contributed by atoms with E-state index in [0.29, 0.717) is 5.54 Å². The van der Waals surface area contributed by atoms with Crippen LogP contribution in [0.2, 0.25) is 0 Å². The van der Waals surface area contributed by atoms with E-state index in [1.165, 1.54) is 49.9 Å². The van der Waals surface area contributed by atoms with Gasteiger partial charge in [-0.25, -0.2) is 9.78 Å². The maximum atomic E-state index is 10.9. The predicted octanol–water partition coefficient (Wildman–Crippen LogP) is 2.90. The third-order valence-electron chi connectivity index (χ3n) is 5.42. The van der Waals surface area contributed by atoms with Crippen LogP contribution in [0.3, 0.4) is 0 Å². The molecule has 0 spiro atoms. The minimum Gasteiger partial charge on any atom is -0.476 e. The van der Waals surface area contributed by atoms with Gasteiger partial charge >= 0.3 is 5.97 Å². The largest absolute Gasteiger partial charge is 0.476 e. The fourth-order valence-corrected chi connectivity index (χ4v) is 5.75. The highest BCUT2D eigenvalue weighted by Gasteiger charge is 2.50. The lowest BCUT2D eigenvalue weighted by molar-refractivity contribution is -0.0207. The third-order valence-corrected chi connectivity index (χ3v) is 6.30. The Morgan fingerprint density at radius 1 is 1.30 bits per heavy atom. The molecule has 0 aliphatic heterocycles. The van der Waals surface area contributed by atoms with E-state index >= 15 is 0 Å². The van der Waals surface area contributed by atoms with E-state index in [4.69, 9.17) is 5.11 Å². The quantitative estimate of drug-likeness (QED) is 0.895. The molecule has 0 amide bonds. The molecule has 4 nitrogen and oxygen atoms in total. The number of carboxylic acid groups (broad SMARTS) is 1. The van der Waals surface area contributed by atoms with Crippen molar-refractivity contribution < 1.29 is 9.90 Å². The molecule has 4 saturated carbocycles. The lowest BCUT2D eigenvalue weighted by Gasteiger charge is -2.57. The van der Waals surface area contributed by atoms with E-state index in [-0.39, 0.29) is 5.01 Å². The Balaban J connectivity index is 1.45. The molecule has 1 aromatic heterocycles. The van der Waals surface area contributed by atoms with E-state index in [1.54, 1.807) is 0 Å². The van der Waals surface area contributed by atoms with Crippen LogP contribution in [0.15, 0.2) is 5.38 Å². The number of rotatable bonds is 4. The minimum absolute atomic E-state index is 0.201. The summed E-state index contributed by atoms with van der Waals surface area (Å²) >= 11 is 1.22. The van der Waals surface area contributed by atoms with Gasteiger partial charge in [-0.3, -0.25) is 0 Å². The highest BCUT2D eigenvalue weighted by Crippen LogP contribution is 2.55. The van der Waals surface area contributed by atoms with Gasteiger partial charge in [0.1, 0.15) is 0 Å². The summed E-state index contributed by atoms with van der Waals surface area (Å²) in [5.41, 5.74) is 1.20. The Morgan fingerprint density at radius 3 is 2.40 bits per heavy atom. The number of hydrogen-bond donors (Lipinski definition) is 2. The third kappa shape index (κ3) is 2.17. The normalized spacial score (nSPS) is 38.3. The zero-order valence-corrected chi connectivity index (χ0v) is 12.3. The highest BCUT2D eigenvalue weighted by molar-refractivity contribution is 7.11. The van der Waals surface area contributed by atoms with Gasteiger partial charge in [-0.2, -0.15) is 0 Å². The first kappa shape index (κ1) is 12.8. The van der Waals surface area contributed by atoms with Crippen LogP contribution in [0.4, 0.5) is 0 Å². The van der Waals surface area contributed by atoms with Crippen LogP contribution in [0.5, 0.6) is 0 Å². The summed E-state index contributed by atoms with van der Waals surface area (Å²) < 4.78 is 0. The second-order valence-corrected chi connectivity index (χ2v) is 7.86. The van der Waals surface area contributed by atoms with E-state index in [1.807, 2.05) is 5.38 Å². The Labute approximate surface area is 122 Å². The summed E-state index contributed by atoms with van der Waals surface area (Å²) in [6.45, 7) is 0.718. The van der Waals surface area contributed by atoms with Crippen molar-refractivity contribution >= 4 is 17.3 Å².